The number of ether oxygens (including phenoxy) is 1. The van der Waals surface area contributed by atoms with Gasteiger partial charge < -0.3 is 14.4 Å². The van der Waals surface area contributed by atoms with Crippen LogP contribution in [0.2, 0.25) is 0 Å². The highest BCUT2D eigenvalue weighted by atomic mass is 31.2. The van der Waals surface area contributed by atoms with Crippen molar-refractivity contribution in [3.63, 3.8) is 0 Å². The van der Waals surface area contributed by atoms with Gasteiger partial charge in [-0.1, -0.05) is 45.1 Å². The first-order valence-corrected chi connectivity index (χ1v) is 11.0. The second-order valence-electron chi connectivity index (χ2n) is 6.09. The summed E-state index contributed by atoms with van der Waals surface area (Å²) in [4.78, 5) is 22.3. The molecule has 1 atom stereocenters. The monoisotopic (exact) mass is 384 g/mol. The molecule has 0 radical (unpaired) electrons. The maximum atomic E-state index is 13.0. The van der Waals surface area contributed by atoms with Crippen molar-refractivity contribution in [1.82, 2.24) is 0 Å². The number of hydrogen-bond acceptors (Lipinski definition) is 5. The first-order valence-electron chi connectivity index (χ1n) is 9.16. The predicted octanol–water partition coefficient (Wildman–Crippen LogP) is 4.02. The fourth-order valence-corrected chi connectivity index (χ4v) is 4.52. The molecular formula is C19H29O6P. The number of rotatable bonds is 14. The van der Waals surface area contributed by atoms with Crippen molar-refractivity contribution in [1.29, 1.82) is 0 Å². The van der Waals surface area contributed by atoms with Crippen molar-refractivity contribution in [2.45, 2.75) is 52.4 Å². The fourth-order valence-electron chi connectivity index (χ4n) is 2.53. The molecule has 0 saturated carbocycles. The molecule has 1 aromatic carbocycles. The number of ketones is 1. The summed E-state index contributed by atoms with van der Waals surface area (Å²) in [7, 11) is -3.58. The quantitative estimate of drug-likeness (QED) is 0.296. The first kappa shape index (κ1) is 22.4. The Morgan fingerprint density at radius 2 is 1.77 bits per heavy atom. The second-order valence-corrected chi connectivity index (χ2v) is 8.53. The van der Waals surface area contributed by atoms with Crippen molar-refractivity contribution in [2.24, 2.45) is 0 Å². The zero-order valence-electron chi connectivity index (χ0n) is 15.6. The Kier molecular flexibility index (Phi) is 10.2. The van der Waals surface area contributed by atoms with Crippen LogP contribution in [-0.4, -0.2) is 36.2 Å². The molecule has 0 amide bonds. The van der Waals surface area contributed by atoms with Crippen LogP contribution in [0.15, 0.2) is 24.3 Å². The molecule has 1 unspecified atom stereocenters. The van der Waals surface area contributed by atoms with Gasteiger partial charge in [-0.15, -0.1) is 0 Å². The molecule has 1 rings (SSSR count). The molecule has 146 valence electrons. The molecule has 6 nitrogen and oxygen atoms in total. The van der Waals surface area contributed by atoms with Crippen LogP contribution in [0.4, 0.5) is 0 Å². The zero-order chi connectivity index (χ0) is 19.4. The topological polar surface area (TPSA) is 89.9 Å². The lowest BCUT2D eigenvalue weighted by molar-refractivity contribution is -0.147. The summed E-state index contributed by atoms with van der Waals surface area (Å²) in [6, 6.07) is 6.56. The summed E-state index contributed by atoms with van der Waals surface area (Å²) < 4.78 is 24.0. The average Bonchev–Trinajstić information content (AvgIpc) is 2.61. The summed E-state index contributed by atoms with van der Waals surface area (Å²) >= 11 is 0. The third-order valence-electron chi connectivity index (χ3n) is 3.91. The van der Waals surface area contributed by atoms with Crippen LogP contribution in [0, 0.1) is 0 Å². The van der Waals surface area contributed by atoms with Crippen LogP contribution in [-0.2, 0) is 18.7 Å². The van der Waals surface area contributed by atoms with Gasteiger partial charge >= 0.3 is 5.97 Å². The third kappa shape index (κ3) is 7.71. The fraction of sp³-hybridized carbons (Fsp3) is 0.579. The Morgan fingerprint density at radius 1 is 1.08 bits per heavy atom. The predicted molar refractivity (Wildman–Crippen MR) is 102 cm³/mol. The molecule has 26 heavy (non-hydrogen) atoms. The molecule has 0 aliphatic carbocycles. The van der Waals surface area contributed by atoms with E-state index in [9.17, 15) is 14.2 Å². The van der Waals surface area contributed by atoms with Gasteiger partial charge in [0.25, 0.3) is 0 Å². The lowest BCUT2D eigenvalue weighted by Crippen LogP contribution is -2.22. The molecule has 0 bridgehead atoms. The molecular weight excluding hydrogens is 355 g/mol. The van der Waals surface area contributed by atoms with Gasteiger partial charge in [0.15, 0.2) is 0 Å². The van der Waals surface area contributed by atoms with Gasteiger partial charge in [0, 0.05) is 5.30 Å². The van der Waals surface area contributed by atoms with E-state index >= 15 is 0 Å². The van der Waals surface area contributed by atoms with Crippen molar-refractivity contribution >= 4 is 24.4 Å². The van der Waals surface area contributed by atoms with Crippen molar-refractivity contribution in [2.75, 3.05) is 19.4 Å². The van der Waals surface area contributed by atoms with E-state index in [4.69, 9.17) is 14.4 Å². The number of carboxylic acid groups (broad SMARTS) is 1. The highest BCUT2D eigenvalue weighted by Crippen LogP contribution is 2.46. The van der Waals surface area contributed by atoms with E-state index in [1.807, 2.05) is 0 Å². The Morgan fingerprint density at radius 3 is 2.42 bits per heavy atom. The number of hydrogen-bond donors (Lipinski definition) is 1. The van der Waals surface area contributed by atoms with E-state index in [1.54, 1.807) is 31.2 Å². The second kappa shape index (κ2) is 11.9. The van der Waals surface area contributed by atoms with Gasteiger partial charge in [-0.3, -0.25) is 9.36 Å². The summed E-state index contributed by atoms with van der Waals surface area (Å²) in [5, 5.41) is 9.09. The largest absolute Gasteiger partial charge is 0.494 e. The molecule has 0 saturated heterocycles. The number of aliphatic carboxylic acids is 1. The number of benzene rings is 1. The smallest absolute Gasteiger partial charge is 0.372 e. The molecule has 0 spiro atoms. The Bertz CT molecular complexity index is 628. The number of carbonyl (C=O) groups is 2. The van der Waals surface area contributed by atoms with Crippen molar-refractivity contribution < 1.29 is 28.5 Å². The summed E-state index contributed by atoms with van der Waals surface area (Å²) in [5.74, 6) is -2.20. The van der Waals surface area contributed by atoms with Gasteiger partial charge in [0.1, 0.15) is 5.75 Å². The van der Waals surface area contributed by atoms with Crippen molar-refractivity contribution in [3.8, 4) is 5.75 Å². The van der Waals surface area contributed by atoms with E-state index in [2.05, 4.69) is 6.92 Å². The van der Waals surface area contributed by atoms with Crippen LogP contribution in [0.5, 0.6) is 5.75 Å². The minimum Gasteiger partial charge on any atom is -0.494 e. The minimum absolute atomic E-state index is 0.118. The molecule has 1 aromatic rings. The maximum Gasteiger partial charge on any atom is 0.372 e. The first-order chi connectivity index (χ1) is 12.4. The summed E-state index contributed by atoms with van der Waals surface area (Å²) in [6.45, 7) is 4.51. The molecule has 0 heterocycles. The van der Waals surface area contributed by atoms with Gasteiger partial charge in [-0.2, -0.15) is 0 Å². The lowest BCUT2D eigenvalue weighted by atomic mass is 10.1. The maximum absolute atomic E-state index is 13.0. The van der Waals surface area contributed by atoms with Crippen LogP contribution in [0.25, 0.3) is 0 Å². The minimum atomic E-state index is -3.58. The van der Waals surface area contributed by atoms with E-state index < -0.39 is 25.3 Å². The van der Waals surface area contributed by atoms with Gasteiger partial charge in [0.2, 0.25) is 13.2 Å². The molecule has 1 N–H and O–H groups in total. The number of carboxylic acids is 1. The van der Waals surface area contributed by atoms with E-state index in [0.717, 1.165) is 12.8 Å². The van der Waals surface area contributed by atoms with Gasteiger partial charge in [0.05, 0.1) is 19.4 Å². The summed E-state index contributed by atoms with van der Waals surface area (Å²) in [5.41, 5.74) is 0. The Labute approximate surface area is 155 Å². The summed E-state index contributed by atoms with van der Waals surface area (Å²) in [6.07, 6.45) is 6.28. The molecule has 0 fully saturated rings. The highest BCUT2D eigenvalue weighted by Gasteiger charge is 2.32. The lowest BCUT2D eigenvalue weighted by Gasteiger charge is -2.17. The number of Topliss-reactive ketones (excluding diaryl/α,β-unsaturated/α-hetero) is 1. The molecule has 7 heteroatoms. The highest BCUT2D eigenvalue weighted by molar-refractivity contribution is 7.68. The normalized spacial score (nSPS) is 13.2. The van der Waals surface area contributed by atoms with E-state index in [1.165, 1.54) is 25.7 Å². The Balaban J connectivity index is 2.68. The van der Waals surface area contributed by atoms with Crippen molar-refractivity contribution in [3.05, 3.63) is 24.3 Å². The van der Waals surface area contributed by atoms with Gasteiger partial charge in [-0.05, 0) is 31.5 Å². The Hall–Kier alpha value is -1.65. The number of carbonyl (C=O) groups excluding carboxylic acids is 1. The SMILES string of the molecule is CCCCCCCCOc1cccc(P(=O)(CC(=O)C(=O)O)OCC)c1. The van der Waals surface area contributed by atoms with Crippen LogP contribution < -0.4 is 10.0 Å². The standard InChI is InChI=1S/C19H29O6P/c1-3-5-6-7-8-9-13-24-16-11-10-12-17(14-16)26(23,25-4-2)15-18(20)19(21)22/h10-12,14H,3-9,13,15H2,1-2H3,(H,21,22). The number of unbranched alkanes of at least 4 members (excludes halogenated alkanes) is 5. The van der Waals surface area contributed by atoms with Crippen LogP contribution >= 0.6 is 7.37 Å². The van der Waals surface area contributed by atoms with Crippen LogP contribution in [0.1, 0.15) is 52.4 Å². The van der Waals surface area contributed by atoms with Crippen LogP contribution in [0.3, 0.4) is 0 Å². The average molecular weight is 384 g/mol. The third-order valence-corrected chi connectivity index (χ3v) is 6.35. The zero-order valence-corrected chi connectivity index (χ0v) is 16.5. The molecule has 0 aliphatic rings. The van der Waals surface area contributed by atoms with E-state index in [0.29, 0.717) is 17.7 Å². The van der Waals surface area contributed by atoms with E-state index in [-0.39, 0.29) is 6.61 Å². The molecule has 0 aromatic heterocycles. The molecule has 0 aliphatic heterocycles. The van der Waals surface area contributed by atoms with Gasteiger partial charge in [-0.25, -0.2) is 4.79 Å².